The molecule has 4 rings (SSSR count). The number of nitrogens with zero attached hydrogens (tertiary/aromatic N) is 4. The molecule has 0 aliphatic carbocycles. The Morgan fingerprint density at radius 3 is 2.55 bits per heavy atom. The lowest BCUT2D eigenvalue weighted by atomic mass is 10.0. The molecule has 9 heteroatoms. The number of hydrogen-bond donors (Lipinski definition) is 0. The van der Waals surface area contributed by atoms with Crippen molar-refractivity contribution in [1.82, 2.24) is 10.1 Å². The summed E-state index contributed by atoms with van der Waals surface area (Å²) in [5.41, 5.74) is 1.98. The predicted molar refractivity (Wildman–Crippen MR) is 111 cm³/mol. The molecule has 148 valence electrons. The Kier molecular flexibility index (Phi) is 5.38. The van der Waals surface area contributed by atoms with Gasteiger partial charge in [0.15, 0.2) is 0 Å². The normalized spacial score (nSPS) is 15.0. The van der Waals surface area contributed by atoms with E-state index in [1.54, 1.807) is 48.4 Å². The fourth-order valence-electron chi connectivity index (χ4n) is 3.48. The van der Waals surface area contributed by atoms with E-state index in [9.17, 15) is 9.90 Å². The molecule has 2 aromatic carbocycles. The number of carbonyl (C=O) groups is 1. The van der Waals surface area contributed by atoms with Crippen LogP contribution in [0.15, 0.2) is 47.6 Å². The fraction of sp³-hybridized carbons (Fsp3) is 0.200. The summed E-state index contributed by atoms with van der Waals surface area (Å²) in [6, 6.07) is 12.3. The maximum absolute atomic E-state index is 13.1. The average Bonchev–Trinajstić information content (AvgIpc) is 2.72. The third kappa shape index (κ3) is 3.23. The molecule has 6 nitrogen and oxygen atoms in total. The Labute approximate surface area is 182 Å². The molecule has 0 saturated heterocycles. The summed E-state index contributed by atoms with van der Waals surface area (Å²) < 4.78 is 1.52. The topological polar surface area (TPSA) is 73.0 Å². The number of rotatable bonds is 3. The van der Waals surface area contributed by atoms with Gasteiger partial charge in [-0.15, -0.1) is 0 Å². The maximum Gasteiger partial charge on any atom is 0.295 e. The van der Waals surface area contributed by atoms with Crippen LogP contribution in [0.1, 0.15) is 25.1 Å². The van der Waals surface area contributed by atoms with Crippen molar-refractivity contribution in [2.75, 3.05) is 11.2 Å². The predicted octanol–water partition coefficient (Wildman–Crippen LogP) is 3.84. The van der Waals surface area contributed by atoms with E-state index >= 15 is 0 Å². The van der Waals surface area contributed by atoms with Crippen LogP contribution >= 0.6 is 35.0 Å². The highest BCUT2D eigenvalue weighted by atomic mass is 35.5. The van der Waals surface area contributed by atoms with Crippen molar-refractivity contribution in [3.63, 3.8) is 0 Å². The summed E-state index contributed by atoms with van der Waals surface area (Å²) >= 11 is 14.3. The quantitative estimate of drug-likeness (QED) is 0.451. The van der Waals surface area contributed by atoms with Crippen LogP contribution < -0.4 is 14.7 Å². The van der Waals surface area contributed by atoms with Crippen LogP contribution in [-0.4, -0.2) is 22.2 Å². The molecule has 1 amide bonds. The van der Waals surface area contributed by atoms with E-state index in [0.29, 0.717) is 37.7 Å². The molecule has 2 heterocycles. The van der Waals surface area contributed by atoms with E-state index in [1.807, 2.05) is 12.1 Å². The zero-order chi connectivity index (χ0) is 20.7. The van der Waals surface area contributed by atoms with Crippen LogP contribution in [-0.2, 0) is 4.79 Å². The van der Waals surface area contributed by atoms with Crippen molar-refractivity contribution in [1.29, 1.82) is 0 Å². The number of thioether (sulfide) groups is 1. The molecule has 1 aliphatic rings. The second-order valence-electron chi connectivity index (χ2n) is 6.34. The van der Waals surface area contributed by atoms with Gasteiger partial charge in [-0.1, -0.05) is 64.8 Å². The summed E-state index contributed by atoms with van der Waals surface area (Å²) in [7, 11) is 0. The second kappa shape index (κ2) is 7.82. The van der Waals surface area contributed by atoms with Gasteiger partial charge in [0.2, 0.25) is 5.91 Å². The second-order valence-corrected chi connectivity index (χ2v) is 7.93. The van der Waals surface area contributed by atoms with Gasteiger partial charge in [-0.2, -0.15) is 0 Å². The van der Waals surface area contributed by atoms with Crippen molar-refractivity contribution in [3.05, 3.63) is 58.1 Å². The summed E-state index contributed by atoms with van der Waals surface area (Å²) in [5.74, 6) is -0.568. The highest BCUT2D eigenvalue weighted by molar-refractivity contribution is 7.98. The first-order chi connectivity index (χ1) is 14.0. The van der Waals surface area contributed by atoms with Gasteiger partial charge in [-0.25, -0.2) is 9.88 Å². The number of aromatic nitrogens is 3. The third-order valence-electron chi connectivity index (χ3n) is 4.73. The molecule has 0 fully saturated rings. The summed E-state index contributed by atoms with van der Waals surface area (Å²) in [6.07, 6.45) is 1.23. The SMILES string of the molecule is CCC(=O)N1c2ccccc2-c2c([O-])nc(SC)n[n+]2C1c1c(Cl)cccc1Cl. The number of halogens is 2. The van der Waals surface area contributed by atoms with Gasteiger partial charge in [-0.05, 0) is 30.5 Å². The van der Waals surface area contributed by atoms with Crippen LogP contribution in [0.25, 0.3) is 11.3 Å². The molecule has 0 radical (unpaired) electrons. The standard InChI is InChI=1S/C20H16Cl2N4O2S/c1-3-15(27)25-14-10-5-4-7-11(14)17-18(28)23-20(29-2)24-26(17)19(25)16-12(21)8-6-9-13(16)22/h4-10,19H,3H2,1-2H3. The lowest BCUT2D eigenvalue weighted by Gasteiger charge is -2.34. The minimum atomic E-state index is -0.810. The molecule has 29 heavy (non-hydrogen) atoms. The Balaban J connectivity index is 2.13. The van der Waals surface area contributed by atoms with Gasteiger partial charge in [0.25, 0.3) is 17.0 Å². The fourth-order valence-corrected chi connectivity index (χ4v) is 4.42. The van der Waals surface area contributed by atoms with E-state index in [2.05, 4.69) is 10.1 Å². The van der Waals surface area contributed by atoms with Gasteiger partial charge in [-0.3, -0.25) is 4.79 Å². The third-order valence-corrected chi connectivity index (χ3v) is 5.93. The van der Waals surface area contributed by atoms with Crippen molar-refractivity contribution in [2.45, 2.75) is 24.7 Å². The van der Waals surface area contributed by atoms with Crippen molar-refractivity contribution >= 4 is 46.6 Å². The zero-order valence-electron chi connectivity index (χ0n) is 15.6. The highest BCUT2D eigenvalue weighted by Gasteiger charge is 2.46. The van der Waals surface area contributed by atoms with Crippen molar-refractivity contribution in [3.8, 4) is 17.1 Å². The van der Waals surface area contributed by atoms with Gasteiger partial charge >= 0.3 is 0 Å². The van der Waals surface area contributed by atoms with E-state index < -0.39 is 12.0 Å². The van der Waals surface area contributed by atoms with Crippen LogP contribution in [0, 0.1) is 0 Å². The summed E-state index contributed by atoms with van der Waals surface area (Å²) in [6.45, 7) is 1.78. The maximum atomic E-state index is 13.1. The largest absolute Gasteiger partial charge is 0.854 e. The monoisotopic (exact) mass is 446 g/mol. The lowest BCUT2D eigenvalue weighted by Crippen LogP contribution is -2.59. The minimum Gasteiger partial charge on any atom is -0.854 e. The van der Waals surface area contributed by atoms with Crippen molar-refractivity contribution < 1.29 is 14.6 Å². The first kappa shape index (κ1) is 19.9. The first-order valence-corrected chi connectivity index (χ1v) is 10.9. The highest BCUT2D eigenvalue weighted by Crippen LogP contribution is 2.43. The number of fused-ring (bicyclic) bond motifs is 3. The number of hydrogen-bond acceptors (Lipinski definition) is 5. The molecule has 3 aromatic rings. The number of carbonyl (C=O) groups excluding carboxylic acids is 1. The van der Waals surface area contributed by atoms with E-state index in [0.717, 1.165) is 0 Å². The van der Waals surface area contributed by atoms with Gasteiger partial charge < -0.3 is 5.11 Å². The van der Waals surface area contributed by atoms with Crippen molar-refractivity contribution in [2.24, 2.45) is 0 Å². The van der Waals surface area contributed by atoms with E-state index in [4.69, 9.17) is 23.2 Å². The van der Waals surface area contributed by atoms with Crippen LogP contribution in [0.2, 0.25) is 10.0 Å². The zero-order valence-corrected chi connectivity index (χ0v) is 17.9. The number of benzene rings is 2. The van der Waals surface area contributed by atoms with Crippen LogP contribution in [0.5, 0.6) is 5.88 Å². The Morgan fingerprint density at radius 2 is 1.90 bits per heavy atom. The number of anilines is 1. The number of para-hydroxylation sites is 1. The van der Waals surface area contributed by atoms with Gasteiger partial charge in [0, 0.05) is 11.5 Å². The molecule has 0 N–H and O–H groups in total. The molecule has 1 aromatic heterocycles. The molecule has 0 spiro atoms. The van der Waals surface area contributed by atoms with Gasteiger partial charge in [0.1, 0.15) is 0 Å². The number of amides is 1. The molecular formula is C20H16Cl2N4O2S. The first-order valence-electron chi connectivity index (χ1n) is 8.88. The summed E-state index contributed by atoms with van der Waals surface area (Å²) in [5, 5.41) is 18.6. The Morgan fingerprint density at radius 1 is 1.21 bits per heavy atom. The molecule has 1 atom stereocenters. The molecule has 1 aliphatic heterocycles. The minimum absolute atomic E-state index is 0.145. The molecule has 0 bridgehead atoms. The van der Waals surface area contributed by atoms with Crippen LogP contribution in [0.3, 0.4) is 0 Å². The smallest absolute Gasteiger partial charge is 0.295 e. The molecule has 1 unspecified atom stereocenters. The Bertz CT molecular complexity index is 1110. The van der Waals surface area contributed by atoms with Crippen LogP contribution in [0.4, 0.5) is 5.69 Å². The van der Waals surface area contributed by atoms with E-state index in [-0.39, 0.29) is 12.3 Å². The Hall–Kier alpha value is -2.35. The molecule has 0 saturated carbocycles. The lowest BCUT2D eigenvalue weighted by molar-refractivity contribution is -0.764. The van der Waals surface area contributed by atoms with E-state index in [1.165, 1.54) is 16.4 Å². The molecular weight excluding hydrogens is 431 g/mol. The summed E-state index contributed by atoms with van der Waals surface area (Å²) in [4.78, 5) is 18.8. The van der Waals surface area contributed by atoms with Gasteiger partial charge in [0.05, 0.1) is 32.7 Å². The average molecular weight is 447 g/mol.